The third kappa shape index (κ3) is 0.931. The number of nitrogens with one attached hydrogen (secondary N) is 1. The van der Waals surface area contributed by atoms with Crippen molar-refractivity contribution in [3.63, 3.8) is 0 Å². The van der Waals surface area contributed by atoms with Gasteiger partial charge in [-0.15, -0.1) is 0 Å². The normalized spacial score (nSPS) is 10.5. The summed E-state index contributed by atoms with van der Waals surface area (Å²) in [7, 11) is 1.91. The molecule has 0 bridgehead atoms. The zero-order valence-corrected chi connectivity index (χ0v) is 6.78. The molecule has 0 amide bonds. The van der Waals surface area contributed by atoms with Crippen molar-refractivity contribution in [3.8, 4) is 0 Å². The smallest absolute Gasteiger partial charge is 0.0680 e. The molecule has 3 N–H and O–H groups in total. The Labute approximate surface area is 69.9 Å². The molecule has 0 saturated carbocycles. The number of rotatable bonds is 1. The zero-order chi connectivity index (χ0) is 8.55. The van der Waals surface area contributed by atoms with Crippen LogP contribution >= 0.6 is 0 Å². The number of anilines is 1. The minimum atomic E-state index is 0.899. The number of nitrogen functional groups attached to an aromatic ring is 1. The van der Waals surface area contributed by atoms with Crippen LogP contribution < -0.4 is 11.3 Å². The van der Waals surface area contributed by atoms with Crippen molar-refractivity contribution in [2.45, 2.75) is 0 Å². The fourth-order valence-corrected chi connectivity index (χ4v) is 1.25. The van der Waals surface area contributed by atoms with Crippen molar-refractivity contribution in [1.29, 1.82) is 0 Å². The van der Waals surface area contributed by atoms with Crippen LogP contribution in [0.15, 0.2) is 24.4 Å². The van der Waals surface area contributed by atoms with E-state index in [2.05, 4.69) is 10.5 Å². The Morgan fingerprint density at radius 3 is 3.08 bits per heavy atom. The van der Waals surface area contributed by atoms with Gasteiger partial charge in [0.2, 0.25) is 0 Å². The highest BCUT2D eigenvalue weighted by molar-refractivity contribution is 5.82. The van der Waals surface area contributed by atoms with E-state index in [4.69, 9.17) is 5.84 Å². The molecular weight excluding hydrogens is 152 g/mol. The third-order valence-corrected chi connectivity index (χ3v) is 1.91. The molecule has 0 saturated heterocycles. The maximum Gasteiger partial charge on any atom is 0.0680 e. The van der Waals surface area contributed by atoms with E-state index in [0.717, 1.165) is 16.6 Å². The molecule has 62 valence electrons. The number of nitrogens with zero attached hydrogens (tertiary/aromatic N) is 2. The lowest BCUT2D eigenvalue weighted by Crippen LogP contribution is -2.06. The summed E-state index contributed by atoms with van der Waals surface area (Å²) in [4.78, 5) is 0. The number of hydrogen-bond donors (Lipinski definition) is 2. The summed E-state index contributed by atoms with van der Waals surface area (Å²) in [6.07, 6.45) is 1.82. The molecule has 0 fully saturated rings. The Balaban J connectivity index is 2.69. The largest absolute Gasteiger partial charge is 0.324 e. The molecule has 0 aliphatic carbocycles. The van der Waals surface area contributed by atoms with Crippen LogP contribution in [0.5, 0.6) is 0 Å². The first-order valence-corrected chi connectivity index (χ1v) is 3.69. The molecule has 0 aliphatic rings. The highest BCUT2D eigenvalue weighted by Gasteiger charge is 1.98. The maximum atomic E-state index is 5.27. The SMILES string of the molecule is Cn1ncc2cc(NN)ccc21. The van der Waals surface area contributed by atoms with Crippen LogP contribution in [-0.2, 0) is 7.05 Å². The van der Waals surface area contributed by atoms with Gasteiger partial charge in [0.1, 0.15) is 0 Å². The van der Waals surface area contributed by atoms with E-state index in [1.54, 1.807) is 0 Å². The van der Waals surface area contributed by atoms with Gasteiger partial charge < -0.3 is 5.43 Å². The van der Waals surface area contributed by atoms with Crippen molar-refractivity contribution >= 4 is 16.6 Å². The van der Waals surface area contributed by atoms with Crippen molar-refractivity contribution < 1.29 is 0 Å². The first-order chi connectivity index (χ1) is 5.81. The summed E-state index contributed by atoms with van der Waals surface area (Å²) in [5.41, 5.74) is 4.60. The number of aryl methyl sites for hydroxylation is 1. The van der Waals surface area contributed by atoms with E-state index >= 15 is 0 Å². The van der Waals surface area contributed by atoms with Gasteiger partial charge in [0.15, 0.2) is 0 Å². The summed E-state index contributed by atoms with van der Waals surface area (Å²) in [6, 6.07) is 5.86. The van der Waals surface area contributed by atoms with Crippen molar-refractivity contribution in [2.75, 3.05) is 5.43 Å². The second-order valence-electron chi connectivity index (χ2n) is 2.69. The molecule has 4 nitrogen and oxygen atoms in total. The molecule has 1 heterocycles. The number of fused-ring (bicyclic) bond motifs is 1. The van der Waals surface area contributed by atoms with Crippen LogP contribution in [-0.4, -0.2) is 9.78 Å². The maximum absolute atomic E-state index is 5.27. The predicted molar refractivity (Wildman–Crippen MR) is 48.5 cm³/mol. The molecule has 4 heteroatoms. The highest BCUT2D eigenvalue weighted by Crippen LogP contribution is 2.16. The van der Waals surface area contributed by atoms with E-state index in [1.165, 1.54) is 0 Å². The second kappa shape index (κ2) is 2.49. The number of aromatic nitrogens is 2. The number of hydrogen-bond acceptors (Lipinski definition) is 3. The number of nitrogens with two attached hydrogens (primary N) is 1. The van der Waals surface area contributed by atoms with E-state index < -0.39 is 0 Å². The molecule has 0 spiro atoms. The Morgan fingerprint density at radius 1 is 1.50 bits per heavy atom. The monoisotopic (exact) mass is 162 g/mol. The molecular formula is C8H10N4. The fraction of sp³-hybridized carbons (Fsp3) is 0.125. The van der Waals surface area contributed by atoms with Crippen LogP contribution in [0, 0.1) is 0 Å². The summed E-state index contributed by atoms with van der Waals surface area (Å²) >= 11 is 0. The molecule has 2 aromatic rings. The molecule has 1 aromatic heterocycles. The van der Waals surface area contributed by atoms with Gasteiger partial charge >= 0.3 is 0 Å². The lowest BCUT2D eigenvalue weighted by Gasteiger charge is -1.98. The van der Waals surface area contributed by atoms with E-state index in [9.17, 15) is 0 Å². The summed E-state index contributed by atoms with van der Waals surface area (Å²) in [6.45, 7) is 0. The lowest BCUT2D eigenvalue weighted by molar-refractivity contribution is 0.797. The summed E-state index contributed by atoms with van der Waals surface area (Å²) < 4.78 is 1.83. The first-order valence-electron chi connectivity index (χ1n) is 3.69. The third-order valence-electron chi connectivity index (χ3n) is 1.91. The Hall–Kier alpha value is -1.55. The molecule has 0 aliphatic heterocycles. The molecule has 12 heavy (non-hydrogen) atoms. The average Bonchev–Trinajstić information content (AvgIpc) is 2.47. The van der Waals surface area contributed by atoms with Crippen molar-refractivity contribution in [2.24, 2.45) is 12.9 Å². The van der Waals surface area contributed by atoms with Gasteiger partial charge in [-0.3, -0.25) is 10.5 Å². The molecule has 0 radical (unpaired) electrons. The van der Waals surface area contributed by atoms with Gasteiger partial charge in [-0.1, -0.05) is 0 Å². The van der Waals surface area contributed by atoms with Gasteiger partial charge in [-0.25, -0.2) is 0 Å². The minimum absolute atomic E-state index is 0.899. The molecule has 0 atom stereocenters. The van der Waals surface area contributed by atoms with Crippen molar-refractivity contribution in [3.05, 3.63) is 24.4 Å². The minimum Gasteiger partial charge on any atom is -0.324 e. The van der Waals surface area contributed by atoms with Crippen LogP contribution in [0.3, 0.4) is 0 Å². The quantitative estimate of drug-likeness (QED) is 0.483. The van der Waals surface area contributed by atoms with Crippen LogP contribution in [0.25, 0.3) is 10.9 Å². The number of hydrazine groups is 1. The second-order valence-corrected chi connectivity index (χ2v) is 2.69. The average molecular weight is 162 g/mol. The topological polar surface area (TPSA) is 55.9 Å². The lowest BCUT2D eigenvalue weighted by atomic mass is 10.2. The van der Waals surface area contributed by atoms with E-state index in [-0.39, 0.29) is 0 Å². The van der Waals surface area contributed by atoms with Crippen LogP contribution in [0.4, 0.5) is 5.69 Å². The predicted octanol–water partition coefficient (Wildman–Crippen LogP) is 0.859. The van der Waals surface area contributed by atoms with Crippen LogP contribution in [0.2, 0.25) is 0 Å². The Morgan fingerprint density at radius 2 is 2.33 bits per heavy atom. The summed E-state index contributed by atoms with van der Waals surface area (Å²) in [5, 5.41) is 5.21. The van der Waals surface area contributed by atoms with Crippen LogP contribution in [0.1, 0.15) is 0 Å². The van der Waals surface area contributed by atoms with Gasteiger partial charge in [-0.2, -0.15) is 5.10 Å². The van der Waals surface area contributed by atoms with Gasteiger partial charge in [0.05, 0.1) is 11.7 Å². The number of benzene rings is 1. The Kier molecular flexibility index (Phi) is 1.48. The molecule has 1 aromatic carbocycles. The molecule has 0 unspecified atom stereocenters. The van der Waals surface area contributed by atoms with Gasteiger partial charge in [0, 0.05) is 18.1 Å². The van der Waals surface area contributed by atoms with Crippen molar-refractivity contribution in [1.82, 2.24) is 9.78 Å². The van der Waals surface area contributed by atoms with Gasteiger partial charge in [-0.05, 0) is 18.2 Å². The fourth-order valence-electron chi connectivity index (χ4n) is 1.25. The van der Waals surface area contributed by atoms with E-state index in [0.29, 0.717) is 0 Å². The highest BCUT2D eigenvalue weighted by atomic mass is 15.2. The zero-order valence-electron chi connectivity index (χ0n) is 6.78. The Bertz CT molecular complexity index is 404. The first kappa shape index (κ1) is 7.12. The summed E-state index contributed by atoms with van der Waals surface area (Å²) in [5.74, 6) is 5.27. The van der Waals surface area contributed by atoms with E-state index in [1.807, 2.05) is 36.1 Å². The van der Waals surface area contributed by atoms with Gasteiger partial charge in [0.25, 0.3) is 0 Å². The standard InChI is InChI=1S/C8H10N4/c1-12-8-3-2-7(11-9)4-6(8)5-10-12/h2-5,11H,9H2,1H3. The molecule has 2 rings (SSSR count).